The number of ether oxygens (including phenoxy) is 2. The molecule has 1 aromatic carbocycles. The second kappa shape index (κ2) is 7.09. The topological polar surface area (TPSA) is 38.7 Å². The van der Waals surface area contributed by atoms with Gasteiger partial charge in [-0.1, -0.05) is 24.3 Å². The molecular weight excluding hydrogens is 216 g/mol. The van der Waals surface area contributed by atoms with Crippen molar-refractivity contribution >= 4 is 0 Å². The minimum Gasteiger partial charge on any atom is -0.497 e. The Kier molecular flexibility index (Phi) is 5.73. The highest BCUT2D eigenvalue weighted by Crippen LogP contribution is 2.13. The standard InChI is InChI=1S/C14H20O3/c1-4-5-14(15)11(2)17-10-12-6-8-13(16-3)9-7-12/h4-9,11,14-15H,10H2,1-3H3/b5-4+/t11-,14+/m0/s1. The SMILES string of the molecule is C/C=C/[C@@H](O)[C@H](C)OCc1ccc(OC)cc1. The number of aliphatic hydroxyl groups excluding tert-OH is 1. The molecule has 0 unspecified atom stereocenters. The number of allylic oxidation sites excluding steroid dienone is 1. The lowest BCUT2D eigenvalue weighted by Crippen LogP contribution is -2.23. The molecule has 1 rings (SSSR count). The van der Waals surface area contributed by atoms with Crippen LogP contribution in [0.1, 0.15) is 19.4 Å². The average Bonchev–Trinajstić information content (AvgIpc) is 2.36. The summed E-state index contributed by atoms with van der Waals surface area (Å²) in [5.41, 5.74) is 1.06. The van der Waals surface area contributed by atoms with Crippen LogP contribution in [0.15, 0.2) is 36.4 Å². The van der Waals surface area contributed by atoms with E-state index in [1.165, 1.54) is 0 Å². The lowest BCUT2D eigenvalue weighted by atomic mass is 10.2. The number of hydrogen-bond acceptors (Lipinski definition) is 3. The van der Waals surface area contributed by atoms with Crippen molar-refractivity contribution in [3.63, 3.8) is 0 Å². The summed E-state index contributed by atoms with van der Waals surface area (Å²) in [6.45, 7) is 4.22. The van der Waals surface area contributed by atoms with Crippen molar-refractivity contribution in [2.24, 2.45) is 0 Å². The molecule has 17 heavy (non-hydrogen) atoms. The van der Waals surface area contributed by atoms with Gasteiger partial charge in [-0.2, -0.15) is 0 Å². The van der Waals surface area contributed by atoms with Crippen LogP contribution in [0.4, 0.5) is 0 Å². The Hall–Kier alpha value is -1.32. The minimum atomic E-state index is -0.557. The van der Waals surface area contributed by atoms with Gasteiger partial charge >= 0.3 is 0 Å². The van der Waals surface area contributed by atoms with Crippen molar-refractivity contribution in [1.29, 1.82) is 0 Å². The Morgan fingerprint density at radius 3 is 2.47 bits per heavy atom. The molecule has 3 heteroatoms. The minimum absolute atomic E-state index is 0.215. The molecule has 0 spiro atoms. The van der Waals surface area contributed by atoms with Gasteiger partial charge in [0.1, 0.15) is 5.75 Å². The highest BCUT2D eigenvalue weighted by molar-refractivity contribution is 5.26. The number of rotatable bonds is 6. The molecule has 0 saturated heterocycles. The normalized spacial score (nSPS) is 14.8. The van der Waals surface area contributed by atoms with Crippen LogP contribution >= 0.6 is 0 Å². The molecule has 0 radical (unpaired) electrons. The zero-order chi connectivity index (χ0) is 12.7. The highest BCUT2D eigenvalue weighted by Gasteiger charge is 2.10. The maximum atomic E-state index is 9.65. The largest absolute Gasteiger partial charge is 0.497 e. The van der Waals surface area contributed by atoms with Gasteiger partial charge in [0.05, 0.1) is 25.9 Å². The van der Waals surface area contributed by atoms with Gasteiger partial charge in [-0.3, -0.25) is 0 Å². The Morgan fingerprint density at radius 2 is 1.94 bits per heavy atom. The lowest BCUT2D eigenvalue weighted by molar-refractivity contribution is -0.0153. The summed E-state index contributed by atoms with van der Waals surface area (Å²) in [7, 11) is 1.64. The van der Waals surface area contributed by atoms with Gasteiger partial charge in [0.25, 0.3) is 0 Å². The van der Waals surface area contributed by atoms with Crippen molar-refractivity contribution in [2.75, 3.05) is 7.11 Å². The van der Waals surface area contributed by atoms with Gasteiger partial charge in [-0.25, -0.2) is 0 Å². The zero-order valence-corrected chi connectivity index (χ0v) is 10.6. The fourth-order valence-corrected chi connectivity index (χ4v) is 1.40. The van der Waals surface area contributed by atoms with Crippen LogP contribution < -0.4 is 4.74 Å². The number of aliphatic hydroxyl groups is 1. The monoisotopic (exact) mass is 236 g/mol. The van der Waals surface area contributed by atoms with Gasteiger partial charge in [0.15, 0.2) is 0 Å². The van der Waals surface area contributed by atoms with Crippen molar-refractivity contribution in [3.05, 3.63) is 42.0 Å². The molecule has 94 valence electrons. The van der Waals surface area contributed by atoms with Gasteiger partial charge in [-0.15, -0.1) is 0 Å². The number of benzene rings is 1. The summed E-state index contributed by atoms with van der Waals surface area (Å²) < 4.78 is 10.6. The van der Waals surface area contributed by atoms with Crippen LogP contribution in [0.25, 0.3) is 0 Å². The smallest absolute Gasteiger partial charge is 0.118 e. The van der Waals surface area contributed by atoms with E-state index in [1.54, 1.807) is 13.2 Å². The van der Waals surface area contributed by atoms with E-state index < -0.39 is 6.10 Å². The third kappa shape index (κ3) is 4.59. The molecular formula is C14H20O3. The summed E-state index contributed by atoms with van der Waals surface area (Å²) in [5.74, 6) is 0.829. The first kappa shape index (κ1) is 13.7. The first-order chi connectivity index (χ1) is 8.17. The zero-order valence-electron chi connectivity index (χ0n) is 10.6. The van der Waals surface area contributed by atoms with Crippen molar-refractivity contribution in [1.82, 2.24) is 0 Å². The molecule has 0 fully saturated rings. The van der Waals surface area contributed by atoms with E-state index in [4.69, 9.17) is 9.47 Å². The fraction of sp³-hybridized carbons (Fsp3) is 0.429. The molecule has 1 N–H and O–H groups in total. The van der Waals surface area contributed by atoms with E-state index in [2.05, 4.69) is 0 Å². The maximum Gasteiger partial charge on any atom is 0.118 e. The fourth-order valence-electron chi connectivity index (χ4n) is 1.40. The van der Waals surface area contributed by atoms with E-state index in [9.17, 15) is 5.11 Å². The quantitative estimate of drug-likeness (QED) is 0.771. The molecule has 3 nitrogen and oxygen atoms in total. The van der Waals surface area contributed by atoms with E-state index in [-0.39, 0.29) is 6.10 Å². The van der Waals surface area contributed by atoms with E-state index in [1.807, 2.05) is 44.2 Å². The van der Waals surface area contributed by atoms with Gasteiger partial charge in [0.2, 0.25) is 0 Å². The first-order valence-corrected chi connectivity index (χ1v) is 5.72. The first-order valence-electron chi connectivity index (χ1n) is 5.72. The van der Waals surface area contributed by atoms with E-state index in [0.717, 1.165) is 11.3 Å². The van der Waals surface area contributed by atoms with Crippen LogP contribution in [0.3, 0.4) is 0 Å². The maximum absolute atomic E-state index is 9.65. The molecule has 0 saturated carbocycles. The van der Waals surface area contributed by atoms with Crippen LogP contribution in [-0.4, -0.2) is 24.4 Å². The Balaban J connectivity index is 2.44. The Morgan fingerprint density at radius 1 is 1.29 bits per heavy atom. The third-order valence-electron chi connectivity index (χ3n) is 2.54. The van der Waals surface area contributed by atoms with Crippen LogP contribution in [0.5, 0.6) is 5.75 Å². The molecule has 0 aliphatic heterocycles. The number of hydrogen-bond donors (Lipinski definition) is 1. The van der Waals surface area contributed by atoms with Gasteiger partial charge in [-0.05, 0) is 31.5 Å². The predicted octanol–water partition coefficient (Wildman–Crippen LogP) is 2.54. The second-order valence-electron chi connectivity index (χ2n) is 3.88. The molecule has 0 amide bonds. The average molecular weight is 236 g/mol. The number of methoxy groups -OCH3 is 1. The van der Waals surface area contributed by atoms with Crippen LogP contribution in [-0.2, 0) is 11.3 Å². The molecule has 0 aromatic heterocycles. The predicted molar refractivity (Wildman–Crippen MR) is 68.1 cm³/mol. The van der Waals surface area contributed by atoms with E-state index >= 15 is 0 Å². The molecule has 0 aliphatic carbocycles. The van der Waals surface area contributed by atoms with Crippen molar-refractivity contribution in [2.45, 2.75) is 32.7 Å². The van der Waals surface area contributed by atoms with Crippen LogP contribution in [0, 0.1) is 0 Å². The second-order valence-corrected chi connectivity index (χ2v) is 3.88. The van der Waals surface area contributed by atoms with Gasteiger partial charge in [0, 0.05) is 0 Å². The highest BCUT2D eigenvalue weighted by atomic mass is 16.5. The molecule has 0 aliphatic rings. The van der Waals surface area contributed by atoms with Crippen molar-refractivity contribution in [3.8, 4) is 5.75 Å². The molecule has 1 aromatic rings. The molecule has 0 bridgehead atoms. The Bertz CT molecular complexity index is 343. The van der Waals surface area contributed by atoms with Crippen LogP contribution in [0.2, 0.25) is 0 Å². The van der Waals surface area contributed by atoms with Crippen molar-refractivity contribution < 1.29 is 14.6 Å². The summed E-state index contributed by atoms with van der Waals surface area (Å²) in [4.78, 5) is 0. The third-order valence-corrected chi connectivity index (χ3v) is 2.54. The van der Waals surface area contributed by atoms with E-state index in [0.29, 0.717) is 6.61 Å². The lowest BCUT2D eigenvalue weighted by Gasteiger charge is -2.16. The summed E-state index contributed by atoms with van der Waals surface area (Å²) in [6, 6.07) is 7.69. The Labute approximate surface area is 103 Å². The molecule has 2 atom stereocenters. The summed E-state index contributed by atoms with van der Waals surface area (Å²) >= 11 is 0. The summed E-state index contributed by atoms with van der Waals surface area (Å²) in [5, 5.41) is 9.65. The summed E-state index contributed by atoms with van der Waals surface area (Å²) in [6.07, 6.45) is 2.77. The van der Waals surface area contributed by atoms with Gasteiger partial charge < -0.3 is 14.6 Å². The molecule has 0 heterocycles.